The Morgan fingerprint density at radius 2 is 1.92 bits per heavy atom. The molecule has 7 nitrogen and oxygen atoms in total. The molecule has 0 radical (unpaired) electrons. The fourth-order valence-electron chi connectivity index (χ4n) is 2.73. The summed E-state index contributed by atoms with van der Waals surface area (Å²) < 4.78 is 0. The third-order valence-electron chi connectivity index (χ3n) is 4.05. The highest BCUT2D eigenvalue weighted by atomic mass is 16.3. The highest BCUT2D eigenvalue weighted by Crippen LogP contribution is 2.20. The van der Waals surface area contributed by atoms with Crippen LogP contribution < -0.4 is 5.32 Å². The number of hydrogen-bond donors (Lipinski definition) is 2. The van der Waals surface area contributed by atoms with Crippen molar-refractivity contribution in [2.75, 3.05) is 13.1 Å². The van der Waals surface area contributed by atoms with Crippen LogP contribution >= 0.6 is 0 Å². The molecule has 1 aliphatic rings. The second-order valence-electron chi connectivity index (χ2n) is 5.65. The van der Waals surface area contributed by atoms with E-state index in [9.17, 15) is 14.7 Å². The maximum absolute atomic E-state index is 12.4. The molecule has 0 aliphatic carbocycles. The summed E-state index contributed by atoms with van der Waals surface area (Å²) in [5.41, 5.74) is 0.588. The van der Waals surface area contributed by atoms with Gasteiger partial charge in [0.05, 0.1) is 11.8 Å². The van der Waals surface area contributed by atoms with Crippen molar-refractivity contribution in [3.8, 4) is 5.75 Å². The zero-order valence-electron chi connectivity index (χ0n) is 13.1. The van der Waals surface area contributed by atoms with Crippen molar-refractivity contribution in [3.63, 3.8) is 0 Å². The summed E-state index contributed by atoms with van der Waals surface area (Å²) in [6.45, 7) is 1.05. The fraction of sp³-hybridized carbons (Fsp3) is 0.294. The van der Waals surface area contributed by atoms with Gasteiger partial charge < -0.3 is 15.3 Å². The Morgan fingerprint density at radius 3 is 2.58 bits per heavy atom. The van der Waals surface area contributed by atoms with Gasteiger partial charge in [0.15, 0.2) is 0 Å². The first-order valence-corrected chi connectivity index (χ1v) is 7.79. The van der Waals surface area contributed by atoms with Crippen LogP contribution in [0.25, 0.3) is 0 Å². The van der Waals surface area contributed by atoms with Gasteiger partial charge in [-0.15, -0.1) is 0 Å². The lowest BCUT2D eigenvalue weighted by atomic mass is 10.0. The van der Waals surface area contributed by atoms with Gasteiger partial charge in [-0.1, -0.05) is 12.1 Å². The summed E-state index contributed by atoms with van der Waals surface area (Å²) in [5.74, 6) is -0.457. The molecule has 7 heteroatoms. The molecule has 2 amide bonds. The van der Waals surface area contributed by atoms with Crippen molar-refractivity contribution < 1.29 is 14.7 Å². The molecule has 1 fully saturated rings. The molecule has 2 heterocycles. The van der Waals surface area contributed by atoms with Crippen molar-refractivity contribution in [2.24, 2.45) is 0 Å². The molecule has 0 unspecified atom stereocenters. The third kappa shape index (κ3) is 3.51. The van der Waals surface area contributed by atoms with Crippen molar-refractivity contribution in [3.05, 3.63) is 54.1 Å². The average molecular weight is 326 g/mol. The number of phenolic OH excluding ortho intramolecular Hbond substituents is 1. The van der Waals surface area contributed by atoms with E-state index in [1.807, 2.05) is 0 Å². The highest BCUT2D eigenvalue weighted by Gasteiger charge is 2.26. The number of aromatic nitrogens is 2. The normalized spacial score (nSPS) is 15.1. The molecule has 2 N–H and O–H groups in total. The number of likely N-dealkylation sites (tertiary alicyclic amines) is 1. The molecule has 24 heavy (non-hydrogen) atoms. The number of carbonyl (C=O) groups is 2. The van der Waals surface area contributed by atoms with Gasteiger partial charge in [-0.2, -0.15) is 0 Å². The number of benzene rings is 1. The summed E-state index contributed by atoms with van der Waals surface area (Å²) in [6, 6.07) is 6.51. The molecule has 0 bridgehead atoms. The maximum Gasteiger partial charge on any atom is 0.271 e. The van der Waals surface area contributed by atoms with Crippen LogP contribution in [0.2, 0.25) is 0 Å². The lowest BCUT2D eigenvalue weighted by molar-refractivity contribution is 0.0695. The van der Waals surface area contributed by atoms with Crippen LogP contribution in [0.4, 0.5) is 0 Å². The number of piperidine rings is 1. The van der Waals surface area contributed by atoms with Gasteiger partial charge in [0, 0.05) is 31.5 Å². The molecule has 0 spiro atoms. The molecular weight excluding hydrogens is 308 g/mol. The molecule has 1 aromatic heterocycles. The molecule has 3 rings (SSSR count). The number of para-hydroxylation sites is 1. The number of amides is 2. The predicted octanol–water partition coefficient (Wildman–Crippen LogP) is 1.22. The molecule has 1 aliphatic heterocycles. The zero-order valence-corrected chi connectivity index (χ0v) is 13.1. The van der Waals surface area contributed by atoms with Crippen LogP contribution in [-0.2, 0) is 0 Å². The molecule has 1 saturated heterocycles. The Morgan fingerprint density at radius 1 is 1.17 bits per heavy atom. The number of nitrogens with zero attached hydrogens (tertiary/aromatic N) is 3. The second kappa shape index (κ2) is 7.08. The van der Waals surface area contributed by atoms with Gasteiger partial charge in [-0.3, -0.25) is 14.6 Å². The lowest BCUT2D eigenvalue weighted by Gasteiger charge is -2.32. The Balaban J connectivity index is 1.55. The van der Waals surface area contributed by atoms with Crippen molar-refractivity contribution in [1.82, 2.24) is 20.2 Å². The Hall–Kier alpha value is -2.96. The molecule has 124 valence electrons. The van der Waals surface area contributed by atoms with Gasteiger partial charge in [-0.25, -0.2) is 4.98 Å². The van der Waals surface area contributed by atoms with E-state index in [1.54, 1.807) is 23.1 Å². The minimum Gasteiger partial charge on any atom is -0.507 e. The van der Waals surface area contributed by atoms with Crippen molar-refractivity contribution >= 4 is 11.8 Å². The van der Waals surface area contributed by atoms with Gasteiger partial charge in [0.2, 0.25) is 0 Å². The minimum absolute atomic E-state index is 0.00655. The molecule has 2 aromatic rings. The maximum atomic E-state index is 12.4. The van der Waals surface area contributed by atoms with E-state index in [0.717, 1.165) is 0 Å². The number of phenols is 1. The van der Waals surface area contributed by atoms with Gasteiger partial charge in [0.25, 0.3) is 11.8 Å². The minimum atomic E-state index is -0.256. The Kier molecular flexibility index (Phi) is 4.69. The smallest absolute Gasteiger partial charge is 0.271 e. The Bertz CT molecular complexity index is 728. The third-order valence-corrected chi connectivity index (χ3v) is 4.05. The van der Waals surface area contributed by atoms with Gasteiger partial charge in [0.1, 0.15) is 11.4 Å². The predicted molar refractivity (Wildman–Crippen MR) is 86.5 cm³/mol. The van der Waals surface area contributed by atoms with E-state index in [4.69, 9.17) is 0 Å². The standard InChI is InChI=1S/C17H18N4O3/c22-15-4-2-1-3-13(15)17(24)21-9-5-12(6-10-21)20-16(23)14-11-18-7-8-19-14/h1-4,7-8,11-12,22H,5-6,9-10H2,(H,20,23). The molecular formula is C17H18N4O3. The summed E-state index contributed by atoms with van der Waals surface area (Å²) >= 11 is 0. The summed E-state index contributed by atoms with van der Waals surface area (Å²) in [6.07, 6.45) is 5.73. The number of carbonyl (C=O) groups excluding carboxylic acids is 2. The van der Waals surface area contributed by atoms with Crippen LogP contribution in [0.3, 0.4) is 0 Å². The first-order chi connectivity index (χ1) is 11.6. The van der Waals surface area contributed by atoms with Crippen molar-refractivity contribution in [1.29, 1.82) is 0 Å². The van der Waals surface area contributed by atoms with E-state index >= 15 is 0 Å². The zero-order chi connectivity index (χ0) is 16.9. The van der Waals surface area contributed by atoms with E-state index < -0.39 is 0 Å². The first kappa shape index (κ1) is 15.9. The van der Waals surface area contributed by atoms with E-state index in [0.29, 0.717) is 31.5 Å². The quantitative estimate of drug-likeness (QED) is 0.884. The van der Waals surface area contributed by atoms with E-state index in [1.165, 1.54) is 24.7 Å². The summed E-state index contributed by atoms with van der Waals surface area (Å²) in [7, 11) is 0. The Labute approximate surface area is 139 Å². The fourth-order valence-corrected chi connectivity index (χ4v) is 2.73. The van der Waals surface area contributed by atoms with Crippen LogP contribution in [-0.4, -0.2) is 50.9 Å². The van der Waals surface area contributed by atoms with Crippen LogP contribution in [0.15, 0.2) is 42.9 Å². The highest BCUT2D eigenvalue weighted by molar-refractivity contribution is 5.97. The molecule has 0 saturated carbocycles. The summed E-state index contributed by atoms with van der Waals surface area (Å²) in [5, 5.41) is 12.7. The van der Waals surface area contributed by atoms with Crippen molar-refractivity contribution in [2.45, 2.75) is 18.9 Å². The SMILES string of the molecule is O=C(NC1CCN(C(=O)c2ccccc2O)CC1)c1cnccn1. The average Bonchev–Trinajstić information content (AvgIpc) is 2.63. The van der Waals surface area contributed by atoms with Crippen LogP contribution in [0, 0.1) is 0 Å². The molecule has 0 atom stereocenters. The van der Waals surface area contributed by atoms with Gasteiger partial charge in [-0.05, 0) is 25.0 Å². The number of aromatic hydroxyl groups is 1. The number of nitrogens with one attached hydrogen (secondary N) is 1. The molecule has 1 aromatic carbocycles. The van der Waals surface area contributed by atoms with E-state index in [-0.39, 0.29) is 29.3 Å². The van der Waals surface area contributed by atoms with Gasteiger partial charge >= 0.3 is 0 Å². The van der Waals surface area contributed by atoms with Crippen LogP contribution in [0.1, 0.15) is 33.7 Å². The number of rotatable bonds is 3. The van der Waals surface area contributed by atoms with Crippen LogP contribution in [0.5, 0.6) is 5.75 Å². The number of hydrogen-bond acceptors (Lipinski definition) is 5. The first-order valence-electron chi connectivity index (χ1n) is 7.79. The largest absolute Gasteiger partial charge is 0.507 e. The topological polar surface area (TPSA) is 95.4 Å². The summed E-state index contributed by atoms with van der Waals surface area (Å²) in [4.78, 5) is 34.0. The lowest BCUT2D eigenvalue weighted by Crippen LogP contribution is -2.46. The monoisotopic (exact) mass is 326 g/mol. The van der Waals surface area contributed by atoms with E-state index in [2.05, 4.69) is 15.3 Å². The second-order valence-corrected chi connectivity index (χ2v) is 5.65.